The van der Waals surface area contributed by atoms with Gasteiger partial charge >= 0.3 is 5.97 Å². The molecular weight excluding hydrogens is 1000 g/mol. The molecule has 9 nitrogen and oxygen atoms in total. The minimum Gasteiger partial charge on any atom is -0.756 e. The second-order valence-electron chi connectivity index (χ2n) is 21.4. The van der Waals surface area contributed by atoms with Crippen LogP contribution in [0.4, 0.5) is 0 Å². The molecule has 0 saturated heterocycles. The normalized spacial score (nSPS) is 14.7. The van der Waals surface area contributed by atoms with Crippen molar-refractivity contribution in [3.8, 4) is 0 Å². The molecule has 10 heteroatoms. The number of carbonyl (C=O) groups is 2. The summed E-state index contributed by atoms with van der Waals surface area (Å²) in [6, 6.07) is -0.927. The second kappa shape index (κ2) is 57.1. The maximum Gasteiger partial charge on any atom is 0.306 e. The van der Waals surface area contributed by atoms with Gasteiger partial charge in [0.25, 0.3) is 7.82 Å². The van der Waals surface area contributed by atoms with Gasteiger partial charge in [-0.2, -0.15) is 0 Å². The van der Waals surface area contributed by atoms with E-state index in [1.165, 1.54) is 44.9 Å². The first-order valence-electron chi connectivity index (χ1n) is 31.1. The van der Waals surface area contributed by atoms with Crippen LogP contribution in [0.2, 0.25) is 0 Å². The summed E-state index contributed by atoms with van der Waals surface area (Å²) in [4.78, 5) is 40.0. The number of quaternary nitrogens is 1. The molecule has 1 amide bonds. The summed E-state index contributed by atoms with van der Waals surface area (Å²) in [5.74, 6) is -0.621. The van der Waals surface area contributed by atoms with Gasteiger partial charge < -0.3 is 28.5 Å². The van der Waals surface area contributed by atoms with E-state index in [4.69, 9.17) is 13.8 Å². The van der Waals surface area contributed by atoms with Crippen LogP contribution in [0.25, 0.3) is 0 Å². The van der Waals surface area contributed by atoms with Gasteiger partial charge in [-0.3, -0.25) is 14.2 Å². The number of rotatable bonds is 54. The van der Waals surface area contributed by atoms with Crippen molar-refractivity contribution in [3.63, 3.8) is 0 Å². The Hall–Kier alpha value is -4.11. The number of amides is 1. The number of hydrogen-bond donors (Lipinski definition) is 1. The van der Waals surface area contributed by atoms with Crippen LogP contribution in [-0.4, -0.2) is 69.4 Å². The third-order valence-corrected chi connectivity index (χ3v) is 13.7. The number of nitrogens with zero attached hydrogens (tertiary/aromatic N) is 1. The van der Waals surface area contributed by atoms with Gasteiger partial charge in [-0.1, -0.05) is 231 Å². The Bertz CT molecular complexity index is 1860. The van der Waals surface area contributed by atoms with E-state index < -0.39 is 26.6 Å². The average Bonchev–Trinajstić information content (AvgIpc) is 3.41. The predicted molar refractivity (Wildman–Crippen MR) is 339 cm³/mol. The van der Waals surface area contributed by atoms with E-state index in [2.05, 4.69) is 160 Å². The van der Waals surface area contributed by atoms with Crippen molar-refractivity contribution in [3.05, 3.63) is 146 Å². The highest BCUT2D eigenvalue weighted by Gasteiger charge is 2.27. The van der Waals surface area contributed by atoms with Crippen LogP contribution in [0.3, 0.4) is 0 Å². The van der Waals surface area contributed by atoms with Gasteiger partial charge in [0.15, 0.2) is 0 Å². The fourth-order valence-electron chi connectivity index (χ4n) is 8.02. The zero-order valence-electron chi connectivity index (χ0n) is 51.0. The topological polar surface area (TPSA) is 114 Å². The molecule has 0 aromatic heterocycles. The zero-order chi connectivity index (χ0) is 57.9. The maximum atomic E-state index is 13.5. The van der Waals surface area contributed by atoms with Crippen LogP contribution in [0.1, 0.15) is 226 Å². The van der Waals surface area contributed by atoms with Gasteiger partial charge in [0.2, 0.25) is 5.91 Å². The van der Waals surface area contributed by atoms with Crippen LogP contribution in [0, 0.1) is 0 Å². The van der Waals surface area contributed by atoms with Crippen LogP contribution in [0.15, 0.2) is 146 Å². The summed E-state index contributed by atoms with van der Waals surface area (Å²) >= 11 is 0. The summed E-state index contributed by atoms with van der Waals surface area (Å²) in [7, 11) is 1.12. The van der Waals surface area contributed by atoms with Crippen molar-refractivity contribution in [2.45, 2.75) is 238 Å². The molecule has 0 aliphatic rings. The number of unbranched alkanes of at least 4 members (excludes halogenated alkanes) is 16. The number of esters is 1. The molecule has 0 bridgehead atoms. The molecule has 0 fully saturated rings. The maximum absolute atomic E-state index is 13.5. The van der Waals surface area contributed by atoms with Crippen LogP contribution >= 0.6 is 7.82 Å². The van der Waals surface area contributed by atoms with Crippen LogP contribution < -0.4 is 10.2 Å². The summed E-state index contributed by atoms with van der Waals surface area (Å²) in [5.41, 5.74) is 0. The van der Waals surface area contributed by atoms with E-state index in [-0.39, 0.29) is 31.3 Å². The van der Waals surface area contributed by atoms with E-state index in [9.17, 15) is 19.0 Å². The third kappa shape index (κ3) is 58.4. The number of carbonyl (C=O) groups excluding carboxylic acids is 2. The van der Waals surface area contributed by atoms with Gasteiger partial charge in [0.05, 0.1) is 33.8 Å². The molecule has 1 N–H and O–H groups in total. The Morgan fingerprint density at radius 1 is 0.456 bits per heavy atom. The highest BCUT2D eigenvalue weighted by molar-refractivity contribution is 7.45. The molecule has 0 radical (unpaired) electrons. The summed E-state index contributed by atoms with van der Waals surface area (Å²) in [6.07, 6.45) is 82.5. The van der Waals surface area contributed by atoms with E-state index in [0.717, 1.165) is 135 Å². The van der Waals surface area contributed by atoms with E-state index in [1.807, 2.05) is 27.2 Å². The molecule has 0 aromatic carbocycles. The van der Waals surface area contributed by atoms with Gasteiger partial charge in [-0.15, -0.1) is 0 Å². The molecule has 0 rings (SSSR count). The van der Waals surface area contributed by atoms with Crippen molar-refractivity contribution < 1.29 is 37.3 Å². The Balaban J connectivity index is 5.33. The van der Waals surface area contributed by atoms with Gasteiger partial charge in [-0.05, 0) is 128 Å². The molecule has 0 saturated carbocycles. The Morgan fingerprint density at radius 2 is 0.810 bits per heavy atom. The standard InChI is InChI=1S/C69H115N2O7P/c1-7-10-13-16-19-22-25-27-29-31-33-34-35-36-38-39-41-43-46-49-52-55-58-61-68(72)70-66(65-77-79(74,75)76-64-63-71(4,5)6)67(60-57-54-51-48-45-24-21-18-15-12-9-3)78-69(73)62-59-56-53-50-47-44-42-40-37-32-30-28-26-23-20-17-14-11-8-2/h10-11,13-14,19-20,22-23,27-30,33-34,36-38,40-41,43-44,47,57,60,66-67H,7-9,12,15-18,21,24-26,31-32,35,39,42,45-46,48-56,58-59,61-65H2,1-6H3,(H-,70,72,74,75)/b13-10-,14-11-,22-19-,23-20-,29-27-,30-28-,34-33-,38-36-,40-37-,43-41-,47-44-,60-57-. The molecule has 79 heavy (non-hydrogen) atoms. The lowest BCUT2D eigenvalue weighted by molar-refractivity contribution is -0.870. The number of ether oxygens (including phenoxy) is 1. The number of nitrogens with one attached hydrogen (secondary N) is 1. The highest BCUT2D eigenvalue weighted by Crippen LogP contribution is 2.38. The average molecular weight is 1120 g/mol. The third-order valence-electron chi connectivity index (χ3n) is 12.8. The molecule has 3 atom stereocenters. The molecule has 3 unspecified atom stereocenters. The Kier molecular flexibility index (Phi) is 54.2. The lowest BCUT2D eigenvalue weighted by Gasteiger charge is -2.30. The van der Waals surface area contributed by atoms with E-state index in [1.54, 1.807) is 6.08 Å². The first-order chi connectivity index (χ1) is 38.4. The van der Waals surface area contributed by atoms with Crippen molar-refractivity contribution in [2.75, 3.05) is 40.9 Å². The van der Waals surface area contributed by atoms with E-state index in [0.29, 0.717) is 23.9 Å². The van der Waals surface area contributed by atoms with Gasteiger partial charge in [-0.25, -0.2) is 0 Å². The van der Waals surface area contributed by atoms with Crippen LogP contribution in [0.5, 0.6) is 0 Å². The predicted octanol–water partition coefficient (Wildman–Crippen LogP) is 18.8. The second-order valence-corrected chi connectivity index (χ2v) is 22.9. The van der Waals surface area contributed by atoms with Crippen molar-refractivity contribution >= 4 is 19.7 Å². The van der Waals surface area contributed by atoms with E-state index >= 15 is 0 Å². The monoisotopic (exact) mass is 1110 g/mol. The van der Waals surface area contributed by atoms with Gasteiger partial charge in [0, 0.05) is 12.8 Å². The lowest BCUT2D eigenvalue weighted by Crippen LogP contribution is -2.47. The highest BCUT2D eigenvalue weighted by atomic mass is 31.2. The van der Waals surface area contributed by atoms with Crippen molar-refractivity contribution in [1.82, 2.24) is 5.32 Å². The number of phosphoric acid groups is 1. The molecule has 0 spiro atoms. The molecule has 0 heterocycles. The summed E-state index contributed by atoms with van der Waals surface area (Å²) < 4.78 is 30.3. The smallest absolute Gasteiger partial charge is 0.306 e. The summed E-state index contributed by atoms with van der Waals surface area (Å²) in [5, 5.41) is 3.00. The minimum absolute atomic E-state index is 0.0421. The molecule has 448 valence electrons. The molecule has 0 aliphatic heterocycles. The minimum atomic E-state index is -4.73. The van der Waals surface area contributed by atoms with Crippen LogP contribution in [-0.2, 0) is 27.9 Å². The quantitative estimate of drug-likeness (QED) is 0.0212. The first-order valence-corrected chi connectivity index (χ1v) is 32.6. The zero-order valence-corrected chi connectivity index (χ0v) is 51.9. The summed E-state index contributed by atoms with van der Waals surface area (Å²) in [6.45, 7) is 6.54. The van der Waals surface area contributed by atoms with Crippen molar-refractivity contribution in [1.29, 1.82) is 0 Å². The van der Waals surface area contributed by atoms with Gasteiger partial charge in [0.1, 0.15) is 19.3 Å². The molecular formula is C69H115N2O7P. The SMILES string of the molecule is CC/C=C\C/C=C\C/C=C\C/C=C\C/C=C\C/C=C\CCCCCCC(=O)NC(COP(=O)([O-])OCC[N+](C)(C)C)C(/C=C\CCCCCCCCCCC)OC(=O)CCCCC/C=C\C/C=C\C/C=C\C/C=C\C/C=C\CC. The molecule has 0 aliphatic carbocycles. The Labute approximate surface area is 485 Å². The number of allylic oxidation sites excluding steroid dienone is 23. The number of likely N-dealkylation sites (N-methyl/N-ethyl adjacent to an activating group) is 1. The number of hydrogen-bond acceptors (Lipinski definition) is 7. The fourth-order valence-corrected chi connectivity index (χ4v) is 8.74. The van der Waals surface area contributed by atoms with Crippen molar-refractivity contribution in [2.24, 2.45) is 0 Å². The number of phosphoric ester groups is 1. The fraction of sp³-hybridized carbons (Fsp3) is 0.623. The largest absolute Gasteiger partial charge is 0.756 e. The Morgan fingerprint density at radius 3 is 1.23 bits per heavy atom. The first kappa shape index (κ1) is 74.9. The lowest BCUT2D eigenvalue weighted by atomic mass is 10.1. The molecule has 0 aromatic rings.